The number of alkyl halides is 1. The fourth-order valence-electron chi connectivity index (χ4n) is 1.85. The summed E-state index contributed by atoms with van der Waals surface area (Å²) in [6.07, 6.45) is 2.55. The molecule has 1 atom stereocenters. The first kappa shape index (κ1) is 14.3. The van der Waals surface area contributed by atoms with Gasteiger partial charge in [0.15, 0.2) is 0 Å². The van der Waals surface area contributed by atoms with Gasteiger partial charge < -0.3 is 9.73 Å². The molecule has 1 N–H and O–H groups in total. The molecule has 3 nitrogen and oxygen atoms in total. The van der Waals surface area contributed by atoms with E-state index in [9.17, 15) is 4.79 Å². The minimum absolute atomic E-state index is 0.0175. The molecule has 0 saturated carbocycles. The van der Waals surface area contributed by atoms with Crippen molar-refractivity contribution in [2.75, 3.05) is 5.33 Å². The number of halogens is 1. The zero-order valence-electron chi connectivity index (χ0n) is 10.7. The van der Waals surface area contributed by atoms with Crippen LogP contribution in [0.5, 0.6) is 0 Å². The second kappa shape index (κ2) is 6.84. The molecule has 0 aliphatic carbocycles. The third-order valence-corrected chi connectivity index (χ3v) is 3.27. The molecular weight excluding hydrogens is 282 g/mol. The molecule has 1 unspecified atom stereocenters. The first-order valence-electron chi connectivity index (χ1n) is 5.97. The van der Waals surface area contributed by atoms with E-state index >= 15 is 0 Å². The summed E-state index contributed by atoms with van der Waals surface area (Å²) in [6.45, 7) is 5.83. The molecule has 0 radical (unpaired) electrons. The number of hydrogen-bond donors (Lipinski definition) is 1. The van der Waals surface area contributed by atoms with Crippen molar-refractivity contribution in [3.05, 3.63) is 23.2 Å². The lowest BCUT2D eigenvalue weighted by molar-refractivity contribution is -0.121. The van der Waals surface area contributed by atoms with Gasteiger partial charge in [-0.3, -0.25) is 4.79 Å². The van der Waals surface area contributed by atoms with Gasteiger partial charge in [-0.25, -0.2) is 0 Å². The van der Waals surface area contributed by atoms with Gasteiger partial charge in [-0.15, -0.1) is 0 Å². The highest BCUT2D eigenvalue weighted by atomic mass is 79.9. The summed E-state index contributed by atoms with van der Waals surface area (Å²) >= 11 is 3.36. The predicted octanol–water partition coefficient (Wildman–Crippen LogP) is 3.64. The average molecular weight is 302 g/mol. The number of carbonyl (C=O) groups is 1. The first-order valence-corrected chi connectivity index (χ1v) is 7.09. The van der Waals surface area contributed by atoms with E-state index in [1.54, 1.807) is 0 Å². The third kappa shape index (κ3) is 4.54. The molecule has 1 heterocycles. The molecule has 0 aromatic carbocycles. The summed E-state index contributed by atoms with van der Waals surface area (Å²) in [6, 6.07) is 2.00. The zero-order valence-corrected chi connectivity index (χ0v) is 12.3. The van der Waals surface area contributed by atoms with Gasteiger partial charge in [-0.05, 0) is 39.7 Å². The molecule has 1 aromatic heterocycles. The van der Waals surface area contributed by atoms with Crippen LogP contribution in [0.25, 0.3) is 0 Å². The second-order valence-electron chi connectivity index (χ2n) is 4.30. The highest BCUT2D eigenvalue weighted by molar-refractivity contribution is 9.09. The number of aryl methyl sites for hydroxylation is 2. The molecule has 0 aliphatic heterocycles. The van der Waals surface area contributed by atoms with Crippen LogP contribution in [0.3, 0.4) is 0 Å². The van der Waals surface area contributed by atoms with Crippen LogP contribution in [-0.2, 0) is 4.79 Å². The van der Waals surface area contributed by atoms with Crippen LogP contribution in [0.4, 0.5) is 0 Å². The summed E-state index contributed by atoms with van der Waals surface area (Å²) in [4.78, 5) is 11.7. The summed E-state index contributed by atoms with van der Waals surface area (Å²) in [7, 11) is 0. The van der Waals surface area contributed by atoms with Crippen LogP contribution in [-0.4, -0.2) is 11.2 Å². The number of amides is 1. The number of furan rings is 1. The maximum absolute atomic E-state index is 11.7. The Morgan fingerprint density at radius 3 is 2.71 bits per heavy atom. The van der Waals surface area contributed by atoms with Crippen molar-refractivity contribution in [1.29, 1.82) is 0 Å². The van der Waals surface area contributed by atoms with Gasteiger partial charge in [0.1, 0.15) is 11.5 Å². The minimum atomic E-state index is 0.0175. The van der Waals surface area contributed by atoms with Crippen LogP contribution < -0.4 is 5.32 Å². The molecule has 1 rings (SSSR count). The number of nitrogens with one attached hydrogen (secondary N) is 1. The van der Waals surface area contributed by atoms with Gasteiger partial charge in [0, 0.05) is 17.3 Å². The first-order chi connectivity index (χ1) is 8.04. The number of hydrogen-bond acceptors (Lipinski definition) is 2. The Hall–Kier alpha value is -0.770. The van der Waals surface area contributed by atoms with Crippen molar-refractivity contribution in [2.45, 2.75) is 46.1 Å². The maximum atomic E-state index is 11.7. The lowest BCUT2D eigenvalue weighted by Gasteiger charge is -2.13. The van der Waals surface area contributed by atoms with Gasteiger partial charge in [0.25, 0.3) is 0 Å². The molecule has 4 heteroatoms. The topological polar surface area (TPSA) is 42.2 Å². The Kier molecular flexibility index (Phi) is 5.75. The molecule has 0 bridgehead atoms. The van der Waals surface area contributed by atoms with Crippen LogP contribution in [0, 0.1) is 13.8 Å². The Balaban J connectivity index is 2.46. The average Bonchev–Trinajstić information content (AvgIpc) is 2.58. The Morgan fingerprint density at radius 1 is 1.47 bits per heavy atom. The minimum Gasteiger partial charge on any atom is -0.466 e. The van der Waals surface area contributed by atoms with Crippen molar-refractivity contribution in [3.63, 3.8) is 0 Å². The van der Waals surface area contributed by atoms with Crippen LogP contribution in [0.2, 0.25) is 0 Å². The zero-order chi connectivity index (χ0) is 12.8. The predicted molar refractivity (Wildman–Crippen MR) is 72.4 cm³/mol. The molecule has 0 spiro atoms. The van der Waals surface area contributed by atoms with E-state index in [4.69, 9.17) is 4.42 Å². The lowest BCUT2D eigenvalue weighted by Crippen LogP contribution is -2.26. The highest BCUT2D eigenvalue weighted by Gasteiger charge is 2.14. The van der Waals surface area contributed by atoms with E-state index in [1.165, 1.54) is 0 Å². The van der Waals surface area contributed by atoms with Crippen LogP contribution >= 0.6 is 15.9 Å². The number of rotatable bonds is 6. The van der Waals surface area contributed by atoms with E-state index in [1.807, 2.05) is 26.8 Å². The summed E-state index contributed by atoms with van der Waals surface area (Å²) in [5.41, 5.74) is 1.07. The molecular formula is C13H20BrNO2. The molecule has 1 amide bonds. The van der Waals surface area contributed by atoms with Crippen molar-refractivity contribution >= 4 is 21.8 Å². The molecule has 0 saturated heterocycles. The Bertz CT molecular complexity index is 373. The Labute approximate surface area is 111 Å². The van der Waals surface area contributed by atoms with Gasteiger partial charge in [-0.1, -0.05) is 15.9 Å². The van der Waals surface area contributed by atoms with Crippen LogP contribution in [0.1, 0.15) is 49.3 Å². The van der Waals surface area contributed by atoms with Crippen molar-refractivity contribution in [1.82, 2.24) is 5.32 Å². The molecule has 17 heavy (non-hydrogen) atoms. The largest absolute Gasteiger partial charge is 0.466 e. The number of carbonyl (C=O) groups excluding carboxylic acids is 1. The van der Waals surface area contributed by atoms with Gasteiger partial charge in [0.2, 0.25) is 5.91 Å². The maximum Gasteiger partial charge on any atom is 0.220 e. The van der Waals surface area contributed by atoms with Gasteiger partial charge in [0.05, 0.1) is 6.04 Å². The highest BCUT2D eigenvalue weighted by Crippen LogP contribution is 2.21. The monoisotopic (exact) mass is 301 g/mol. The van der Waals surface area contributed by atoms with Crippen molar-refractivity contribution < 1.29 is 9.21 Å². The van der Waals surface area contributed by atoms with E-state index in [0.29, 0.717) is 6.42 Å². The van der Waals surface area contributed by atoms with E-state index in [0.717, 1.165) is 35.3 Å². The summed E-state index contributed by atoms with van der Waals surface area (Å²) in [5.74, 6) is 1.88. The van der Waals surface area contributed by atoms with Crippen LogP contribution in [0.15, 0.2) is 10.5 Å². The quantitative estimate of drug-likeness (QED) is 0.644. The van der Waals surface area contributed by atoms with E-state index in [2.05, 4.69) is 21.2 Å². The van der Waals surface area contributed by atoms with Crippen molar-refractivity contribution in [2.24, 2.45) is 0 Å². The van der Waals surface area contributed by atoms with Gasteiger partial charge >= 0.3 is 0 Å². The molecule has 96 valence electrons. The normalized spacial score (nSPS) is 12.5. The SMILES string of the molecule is Cc1cc(C(C)NC(=O)CCCCBr)c(C)o1. The molecule has 1 aromatic rings. The standard InChI is InChI=1S/C13H20BrNO2/c1-9-8-12(11(3)17-9)10(2)15-13(16)6-4-5-7-14/h8,10H,4-7H2,1-3H3,(H,15,16). The summed E-state index contributed by atoms with van der Waals surface area (Å²) in [5, 5.41) is 3.95. The third-order valence-electron chi connectivity index (χ3n) is 2.71. The second-order valence-corrected chi connectivity index (χ2v) is 5.10. The van der Waals surface area contributed by atoms with Crippen molar-refractivity contribution in [3.8, 4) is 0 Å². The van der Waals surface area contributed by atoms with Gasteiger partial charge in [-0.2, -0.15) is 0 Å². The Morgan fingerprint density at radius 2 is 2.18 bits per heavy atom. The van der Waals surface area contributed by atoms with E-state index in [-0.39, 0.29) is 11.9 Å². The summed E-state index contributed by atoms with van der Waals surface area (Å²) < 4.78 is 5.46. The fourth-order valence-corrected chi connectivity index (χ4v) is 2.25. The lowest BCUT2D eigenvalue weighted by atomic mass is 10.1. The fraction of sp³-hybridized carbons (Fsp3) is 0.615. The smallest absolute Gasteiger partial charge is 0.220 e. The number of unbranched alkanes of at least 4 members (excludes halogenated alkanes) is 1. The molecule has 0 fully saturated rings. The molecule has 0 aliphatic rings. The van der Waals surface area contributed by atoms with E-state index < -0.39 is 0 Å².